The summed E-state index contributed by atoms with van der Waals surface area (Å²) in [5.74, 6) is 0. The van der Waals surface area contributed by atoms with Crippen molar-refractivity contribution in [3.05, 3.63) is 0 Å². The van der Waals surface area contributed by atoms with E-state index in [-0.39, 0.29) is 0 Å². The molecule has 0 aromatic heterocycles. The molecular formula is C10H23NO. The lowest BCUT2D eigenvalue weighted by atomic mass is 9.85. The van der Waals surface area contributed by atoms with Gasteiger partial charge in [0.25, 0.3) is 0 Å². The maximum atomic E-state index is 4.96. The molecule has 0 bridgehead atoms. The molecule has 0 aliphatic heterocycles. The van der Waals surface area contributed by atoms with Gasteiger partial charge in [-0.05, 0) is 18.3 Å². The van der Waals surface area contributed by atoms with E-state index in [0.717, 1.165) is 19.7 Å². The molecule has 1 N–H and O–H groups in total. The van der Waals surface area contributed by atoms with Gasteiger partial charge in [0.05, 0.1) is 6.61 Å². The van der Waals surface area contributed by atoms with Crippen molar-refractivity contribution in [2.75, 3.05) is 26.8 Å². The van der Waals surface area contributed by atoms with E-state index >= 15 is 0 Å². The van der Waals surface area contributed by atoms with Crippen molar-refractivity contribution in [1.29, 1.82) is 0 Å². The van der Waals surface area contributed by atoms with Gasteiger partial charge in [0, 0.05) is 20.2 Å². The van der Waals surface area contributed by atoms with Crippen LogP contribution in [0.15, 0.2) is 0 Å². The van der Waals surface area contributed by atoms with Crippen LogP contribution >= 0.6 is 0 Å². The zero-order valence-electron chi connectivity index (χ0n) is 8.94. The first-order valence-corrected chi connectivity index (χ1v) is 4.88. The molecule has 0 saturated carbocycles. The van der Waals surface area contributed by atoms with Crippen LogP contribution < -0.4 is 5.32 Å². The summed E-state index contributed by atoms with van der Waals surface area (Å²) in [6.07, 6.45) is 2.48. The second-order valence-corrected chi connectivity index (χ2v) is 3.69. The highest BCUT2D eigenvalue weighted by Gasteiger charge is 2.18. The average molecular weight is 173 g/mol. The topological polar surface area (TPSA) is 21.3 Å². The SMILES string of the molecule is CCC(C)(CC)CNCCOC. The number of methoxy groups -OCH3 is 1. The van der Waals surface area contributed by atoms with Gasteiger partial charge in [-0.1, -0.05) is 20.8 Å². The van der Waals surface area contributed by atoms with Gasteiger partial charge < -0.3 is 10.1 Å². The Labute approximate surface area is 76.7 Å². The maximum Gasteiger partial charge on any atom is 0.0587 e. The molecule has 0 atom stereocenters. The predicted molar refractivity (Wildman–Crippen MR) is 53.4 cm³/mol. The molecule has 74 valence electrons. The van der Waals surface area contributed by atoms with Crippen LogP contribution in [0.2, 0.25) is 0 Å². The van der Waals surface area contributed by atoms with Gasteiger partial charge in [0.1, 0.15) is 0 Å². The third kappa shape index (κ3) is 4.73. The molecule has 2 heteroatoms. The monoisotopic (exact) mass is 173 g/mol. The normalized spacial score (nSPS) is 12.0. The van der Waals surface area contributed by atoms with Crippen LogP contribution in [0.25, 0.3) is 0 Å². The summed E-state index contributed by atoms with van der Waals surface area (Å²) in [6.45, 7) is 9.70. The summed E-state index contributed by atoms with van der Waals surface area (Å²) < 4.78 is 4.96. The highest BCUT2D eigenvalue weighted by Crippen LogP contribution is 2.23. The van der Waals surface area contributed by atoms with E-state index in [1.54, 1.807) is 7.11 Å². The fourth-order valence-corrected chi connectivity index (χ4v) is 1.06. The summed E-state index contributed by atoms with van der Waals surface area (Å²) in [5, 5.41) is 3.40. The molecule has 0 spiro atoms. The smallest absolute Gasteiger partial charge is 0.0587 e. The molecule has 0 unspecified atom stereocenters. The van der Waals surface area contributed by atoms with Gasteiger partial charge in [-0.15, -0.1) is 0 Å². The Balaban J connectivity index is 3.45. The Morgan fingerprint density at radius 3 is 2.25 bits per heavy atom. The van der Waals surface area contributed by atoms with E-state index < -0.39 is 0 Å². The van der Waals surface area contributed by atoms with E-state index in [9.17, 15) is 0 Å². The van der Waals surface area contributed by atoms with Crippen LogP contribution in [0.3, 0.4) is 0 Å². The second kappa shape index (κ2) is 6.44. The minimum absolute atomic E-state index is 0.466. The molecular weight excluding hydrogens is 150 g/mol. The van der Waals surface area contributed by atoms with Crippen molar-refractivity contribution >= 4 is 0 Å². The van der Waals surface area contributed by atoms with Crippen molar-refractivity contribution in [3.8, 4) is 0 Å². The number of hydrogen-bond acceptors (Lipinski definition) is 2. The number of ether oxygens (including phenoxy) is 1. The first-order valence-electron chi connectivity index (χ1n) is 4.88. The fraction of sp³-hybridized carbons (Fsp3) is 1.00. The van der Waals surface area contributed by atoms with E-state index in [1.165, 1.54) is 12.8 Å². The van der Waals surface area contributed by atoms with Crippen LogP contribution in [-0.4, -0.2) is 26.8 Å². The Hall–Kier alpha value is -0.0800. The molecule has 0 saturated heterocycles. The van der Waals surface area contributed by atoms with Crippen LogP contribution in [0, 0.1) is 5.41 Å². The van der Waals surface area contributed by atoms with Gasteiger partial charge >= 0.3 is 0 Å². The first kappa shape index (κ1) is 11.9. The zero-order valence-corrected chi connectivity index (χ0v) is 8.94. The van der Waals surface area contributed by atoms with Gasteiger partial charge in [0.2, 0.25) is 0 Å². The predicted octanol–water partition coefficient (Wildman–Crippen LogP) is 2.05. The largest absolute Gasteiger partial charge is 0.383 e. The third-order valence-electron chi connectivity index (χ3n) is 2.74. The van der Waals surface area contributed by atoms with E-state index in [4.69, 9.17) is 4.74 Å². The quantitative estimate of drug-likeness (QED) is 0.595. The Bertz CT molecular complexity index is 100. The van der Waals surface area contributed by atoms with Crippen LogP contribution in [0.1, 0.15) is 33.6 Å². The standard InChI is InChI=1S/C10H23NO/c1-5-10(3,6-2)9-11-7-8-12-4/h11H,5-9H2,1-4H3. The van der Waals surface area contributed by atoms with Crippen LogP contribution in [0.5, 0.6) is 0 Å². The zero-order chi connectivity index (χ0) is 9.45. The van der Waals surface area contributed by atoms with Gasteiger partial charge in [0.15, 0.2) is 0 Å². The van der Waals surface area contributed by atoms with Crippen LogP contribution in [-0.2, 0) is 4.74 Å². The van der Waals surface area contributed by atoms with E-state index in [1.807, 2.05) is 0 Å². The second-order valence-electron chi connectivity index (χ2n) is 3.69. The van der Waals surface area contributed by atoms with Gasteiger partial charge in [-0.25, -0.2) is 0 Å². The van der Waals surface area contributed by atoms with E-state index in [2.05, 4.69) is 26.1 Å². The van der Waals surface area contributed by atoms with Crippen molar-refractivity contribution < 1.29 is 4.74 Å². The molecule has 0 aliphatic carbocycles. The van der Waals surface area contributed by atoms with Crippen molar-refractivity contribution in [1.82, 2.24) is 5.32 Å². The van der Waals surface area contributed by atoms with Gasteiger partial charge in [-0.2, -0.15) is 0 Å². The summed E-state index contributed by atoms with van der Waals surface area (Å²) >= 11 is 0. The average Bonchev–Trinajstić information content (AvgIpc) is 2.12. The lowest BCUT2D eigenvalue weighted by Crippen LogP contribution is -2.32. The minimum atomic E-state index is 0.466. The fourth-order valence-electron chi connectivity index (χ4n) is 1.06. The molecule has 0 fully saturated rings. The highest BCUT2D eigenvalue weighted by molar-refractivity contribution is 4.73. The summed E-state index contributed by atoms with van der Waals surface area (Å²) in [7, 11) is 1.74. The molecule has 12 heavy (non-hydrogen) atoms. The molecule has 0 radical (unpaired) electrons. The van der Waals surface area contributed by atoms with Crippen molar-refractivity contribution in [3.63, 3.8) is 0 Å². The highest BCUT2D eigenvalue weighted by atomic mass is 16.5. The lowest BCUT2D eigenvalue weighted by Gasteiger charge is -2.26. The molecule has 2 nitrogen and oxygen atoms in total. The first-order chi connectivity index (χ1) is 5.68. The van der Waals surface area contributed by atoms with Crippen molar-refractivity contribution in [2.45, 2.75) is 33.6 Å². The summed E-state index contributed by atoms with van der Waals surface area (Å²) in [6, 6.07) is 0. The maximum absolute atomic E-state index is 4.96. The molecule has 0 amide bonds. The Morgan fingerprint density at radius 1 is 1.25 bits per heavy atom. The molecule has 0 aromatic carbocycles. The third-order valence-corrected chi connectivity index (χ3v) is 2.74. The molecule has 0 aromatic rings. The Morgan fingerprint density at radius 2 is 1.83 bits per heavy atom. The Kier molecular flexibility index (Phi) is 6.39. The van der Waals surface area contributed by atoms with Gasteiger partial charge in [-0.3, -0.25) is 0 Å². The number of nitrogens with one attached hydrogen (secondary N) is 1. The lowest BCUT2D eigenvalue weighted by molar-refractivity contribution is 0.190. The molecule has 0 rings (SSSR count). The molecule has 0 aliphatic rings. The molecule has 0 heterocycles. The van der Waals surface area contributed by atoms with Crippen LogP contribution in [0.4, 0.5) is 0 Å². The van der Waals surface area contributed by atoms with Crippen molar-refractivity contribution in [2.24, 2.45) is 5.41 Å². The minimum Gasteiger partial charge on any atom is -0.383 e. The number of rotatable bonds is 7. The summed E-state index contributed by atoms with van der Waals surface area (Å²) in [5.41, 5.74) is 0.466. The van der Waals surface area contributed by atoms with E-state index in [0.29, 0.717) is 5.41 Å². The number of hydrogen-bond donors (Lipinski definition) is 1. The summed E-state index contributed by atoms with van der Waals surface area (Å²) in [4.78, 5) is 0.